The van der Waals surface area contributed by atoms with Gasteiger partial charge in [-0.15, -0.1) is 0 Å². The lowest BCUT2D eigenvalue weighted by molar-refractivity contribution is 0.0874. The van der Waals surface area contributed by atoms with Crippen molar-refractivity contribution in [3.63, 3.8) is 0 Å². The van der Waals surface area contributed by atoms with Crippen molar-refractivity contribution in [1.82, 2.24) is 10.5 Å². The number of amides is 1. The van der Waals surface area contributed by atoms with Gasteiger partial charge in [-0.05, 0) is 38.5 Å². The Morgan fingerprint density at radius 1 is 1.24 bits per heavy atom. The Hall–Kier alpha value is -2.50. The van der Waals surface area contributed by atoms with Crippen LogP contribution in [0.2, 0.25) is 0 Å². The number of carbonyl (C=O) groups is 1. The van der Waals surface area contributed by atoms with Crippen molar-refractivity contribution in [1.29, 1.82) is 0 Å². The Labute approximate surface area is 122 Å². The molecule has 0 aliphatic carbocycles. The lowest BCUT2D eigenvalue weighted by Crippen LogP contribution is -2.40. The van der Waals surface area contributed by atoms with Crippen molar-refractivity contribution < 1.29 is 18.8 Å². The molecule has 1 N–H and O–H groups in total. The van der Waals surface area contributed by atoms with Crippen molar-refractivity contribution >= 4 is 5.91 Å². The van der Waals surface area contributed by atoms with Gasteiger partial charge in [0.15, 0.2) is 11.5 Å². The van der Waals surface area contributed by atoms with Crippen LogP contribution in [0, 0.1) is 6.92 Å². The fourth-order valence-corrected chi connectivity index (χ4v) is 2.17. The molecule has 0 radical (unpaired) electrons. The van der Waals surface area contributed by atoms with Gasteiger partial charge in [-0.3, -0.25) is 4.79 Å². The number of aromatic nitrogens is 1. The molecule has 0 bridgehead atoms. The molecule has 0 saturated carbocycles. The van der Waals surface area contributed by atoms with Crippen LogP contribution in [0.4, 0.5) is 0 Å². The van der Waals surface area contributed by atoms with Crippen LogP contribution < -0.4 is 14.8 Å². The minimum absolute atomic E-state index is 0.196. The molecule has 1 aromatic carbocycles. The molecule has 0 saturated heterocycles. The highest BCUT2D eigenvalue weighted by atomic mass is 16.7. The van der Waals surface area contributed by atoms with E-state index in [-0.39, 0.29) is 18.5 Å². The van der Waals surface area contributed by atoms with Gasteiger partial charge >= 0.3 is 0 Å². The van der Waals surface area contributed by atoms with Gasteiger partial charge in [-0.1, -0.05) is 11.2 Å². The molecule has 0 atom stereocenters. The first-order valence-electron chi connectivity index (χ1n) is 6.62. The van der Waals surface area contributed by atoms with Gasteiger partial charge in [-0.25, -0.2) is 0 Å². The van der Waals surface area contributed by atoms with Gasteiger partial charge < -0.3 is 19.3 Å². The summed E-state index contributed by atoms with van der Waals surface area (Å²) >= 11 is 0. The van der Waals surface area contributed by atoms with Gasteiger partial charge in [-0.2, -0.15) is 0 Å². The molecule has 2 heterocycles. The smallest absolute Gasteiger partial charge is 0.290 e. The highest BCUT2D eigenvalue weighted by molar-refractivity contribution is 5.92. The molecule has 1 aliphatic heterocycles. The third-order valence-electron chi connectivity index (χ3n) is 3.37. The van der Waals surface area contributed by atoms with Crippen molar-refractivity contribution in [3.05, 3.63) is 41.3 Å². The van der Waals surface area contributed by atoms with E-state index < -0.39 is 5.54 Å². The molecule has 110 valence electrons. The third kappa shape index (κ3) is 2.56. The summed E-state index contributed by atoms with van der Waals surface area (Å²) < 4.78 is 15.6. The summed E-state index contributed by atoms with van der Waals surface area (Å²) in [5.41, 5.74) is 0.996. The molecule has 1 aromatic heterocycles. The van der Waals surface area contributed by atoms with E-state index in [4.69, 9.17) is 14.0 Å². The van der Waals surface area contributed by atoms with Crippen molar-refractivity contribution in [2.75, 3.05) is 6.79 Å². The Morgan fingerprint density at radius 3 is 2.71 bits per heavy atom. The number of fused-ring (bicyclic) bond motifs is 1. The Bertz CT molecular complexity index is 691. The highest BCUT2D eigenvalue weighted by Crippen LogP contribution is 2.35. The SMILES string of the molecule is Cc1cc(C(=O)NC(C)(C)c2ccc3c(c2)OCO3)on1. The predicted molar refractivity (Wildman–Crippen MR) is 74.3 cm³/mol. The van der Waals surface area contributed by atoms with Crippen molar-refractivity contribution in [3.8, 4) is 11.5 Å². The normalized spacial score (nSPS) is 13.3. The second kappa shape index (κ2) is 4.80. The molecule has 6 nitrogen and oxygen atoms in total. The first-order chi connectivity index (χ1) is 9.95. The van der Waals surface area contributed by atoms with Gasteiger partial charge in [0.25, 0.3) is 5.91 Å². The maximum absolute atomic E-state index is 12.2. The highest BCUT2D eigenvalue weighted by Gasteiger charge is 2.27. The van der Waals surface area contributed by atoms with E-state index in [0.717, 1.165) is 5.56 Å². The average Bonchev–Trinajstić information content (AvgIpc) is 3.05. The molecule has 0 fully saturated rings. The molecule has 1 aliphatic rings. The van der Waals surface area contributed by atoms with Crippen LogP contribution >= 0.6 is 0 Å². The van der Waals surface area contributed by atoms with Gasteiger partial charge in [0.2, 0.25) is 12.6 Å². The maximum atomic E-state index is 12.2. The van der Waals surface area contributed by atoms with Gasteiger partial charge in [0.1, 0.15) is 0 Å². The number of hydrogen-bond donors (Lipinski definition) is 1. The number of nitrogens with one attached hydrogen (secondary N) is 1. The molecule has 6 heteroatoms. The van der Waals surface area contributed by atoms with E-state index >= 15 is 0 Å². The minimum Gasteiger partial charge on any atom is -0.454 e. The first-order valence-corrected chi connectivity index (χ1v) is 6.62. The maximum Gasteiger partial charge on any atom is 0.290 e. The zero-order valence-corrected chi connectivity index (χ0v) is 12.1. The molecule has 1 amide bonds. The van der Waals surface area contributed by atoms with E-state index in [1.54, 1.807) is 13.0 Å². The fraction of sp³-hybridized carbons (Fsp3) is 0.333. The molecule has 21 heavy (non-hydrogen) atoms. The third-order valence-corrected chi connectivity index (χ3v) is 3.37. The van der Waals surface area contributed by atoms with Crippen LogP contribution in [-0.4, -0.2) is 17.9 Å². The predicted octanol–water partition coefficient (Wildman–Crippen LogP) is 2.38. The zero-order valence-electron chi connectivity index (χ0n) is 12.1. The Morgan fingerprint density at radius 2 is 2.00 bits per heavy atom. The molecule has 2 aromatic rings. The summed E-state index contributed by atoms with van der Waals surface area (Å²) in [4.78, 5) is 12.2. The number of hydrogen-bond acceptors (Lipinski definition) is 5. The largest absolute Gasteiger partial charge is 0.454 e. The number of ether oxygens (including phenoxy) is 2. The van der Waals surface area contributed by atoms with E-state index in [9.17, 15) is 4.79 Å². The summed E-state index contributed by atoms with van der Waals surface area (Å²) in [6.07, 6.45) is 0. The van der Waals surface area contributed by atoms with Crippen LogP contribution in [0.25, 0.3) is 0 Å². The summed E-state index contributed by atoms with van der Waals surface area (Å²) in [5.74, 6) is 1.29. The lowest BCUT2D eigenvalue weighted by atomic mass is 9.93. The van der Waals surface area contributed by atoms with E-state index in [2.05, 4.69) is 10.5 Å². The standard InChI is InChI=1S/C15H16N2O4/c1-9-6-13(21-17-9)14(18)16-15(2,3)10-4-5-11-12(7-10)20-8-19-11/h4-7H,8H2,1-3H3,(H,16,18). The Kier molecular flexibility index (Phi) is 3.08. The van der Waals surface area contributed by atoms with Gasteiger partial charge in [0.05, 0.1) is 11.2 Å². The lowest BCUT2D eigenvalue weighted by Gasteiger charge is -2.26. The van der Waals surface area contributed by atoms with E-state index in [1.807, 2.05) is 32.0 Å². The van der Waals surface area contributed by atoms with Crippen LogP contribution in [0.1, 0.15) is 35.7 Å². The number of carbonyl (C=O) groups excluding carboxylic acids is 1. The summed E-state index contributed by atoms with van der Waals surface area (Å²) in [6.45, 7) is 5.81. The van der Waals surface area contributed by atoms with Gasteiger partial charge in [0, 0.05) is 6.07 Å². The number of aryl methyl sites for hydroxylation is 1. The fourth-order valence-electron chi connectivity index (χ4n) is 2.17. The van der Waals surface area contributed by atoms with Crippen LogP contribution in [0.15, 0.2) is 28.8 Å². The molecular weight excluding hydrogens is 272 g/mol. The van der Waals surface area contributed by atoms with E-state index in [0.29, 0.717) is 17.2 Å². The number of benzene rings is 1. The minimum atomic E-state index is -0.585. The second-order valence-corrected chi connectivity index (χ2v) is 5.48. The topological polar surface area (TPSA) is 73.6 Å². The summed E-state index contributed by atoms with van der Waals surface area (Å²) in [6, 6.07) is 7.21. The molecular formula is C15H16N2O4. The monoisotopic (exact) mass is 288 g/mol. The molecule has 0 spiro atoms. The molecule has 3 rings (SSSR count). The van der Waals surface area contributed by atoms with Crippen molar-refractivity contribution in [2.24, 2.45) is 0 Å². The van der Waals surface area contributed by atoms with Crippen LogP contribution in [-0.2, 0) is 5.54 Å². The summed E-state index contributed by atoms with van der Waals surface area (Å²) in [5, 5.41) is 6.64. The van der Waals surface area contributed by atoms with Crippen molar-refractivity contribution in [2.45, 2.75) is 26.3 Å². The number of rotatable bonds is 3. The average molecular weight is 288 g/mol. The first kappa shape index (κ1) is 13.5. The second-order valence-electron chi connectivity index (χ2n) is 5.48. The zero-order chi connectivity index (χ0) is 15.0. The number of nitrogens with zero attached hydrogens (tertiary/aromatic N) is 1. The van der Waals surface area contributed by atoms with E-state index in [1.165, 1.54) is 0 Å². The molecule has 0 unspecified atom stereocenters. The van der Waals surface area contributed by atoms with Crippen LogP contribution in [0.3, 0.4) is 0 Å². The summed E-state index contributed by atoms with van der Waals surface area (Å²) in [7, 11) is 0. The quantitative estimate of drug-likeness (QED) is 0.938. The van der Waals surface area contributed by atoms with Crippen LogP contribution in [0.5, 0.6) is 11.5 Å². The Balaban J connectivity index is 1.81.